The van der Waals surface area contributed by atoms with Crippen LogP contribution in [0.3, 0.4) is 0 Å². The fourth-order valence-electron chi connectivity index (χ4n) is 1.83. The smallest absolute Gasteiger partial charge is 0.273 e. The first-order chi connectivity index (χ1) is 9.48. The SMILES string of the molecule is CCC(CC)(CO)CNc1ccc(C(=O)N(C)C)nn1. The first kappa shape index (κ1) is 16.4. The third-order valence-electron chi connectivity index (χ3n) is 3.77. The highest BCUT2D eigenvalue weighted by molar-refractivity contribution is 5.91. The highest BCUT2D eigenvalue weighted by Crippen LogP contribution is 2.25. The normalized spacial score (nSPS) is 11.2. The molecule has 1 heterocycles. The molecular weight excluding hydrogens is 256 g/mol. The van der Waals surface area contributed by atoms with Gasteiger partial charge in [0.1, 0.15) is 5.82 Å². The molecule has 1 rings (SSSR count). The summed E-state index contributed by atoms with van der Waals surface area (Å²) in [5.41, 5.74) is 0.180. The molecule has 0 spiro atoms. The molecule has 0 radical (unpaired) electrons. The Morgan fingerprint density at radius 2 is 1.95 bits per heavy atom. The van der Waals surface area contributed by atoms with Crippen molar-refractivity contribution in [2.24, 2.45) is 5.41 Å². The maximum absolute atomic E-state index is 11.7. The average Bonchev–Trinajstić information content (AvgIpc) is 2.49. The van der Waals surface area contributed by atoms with Crippen LogP contribution in [-0.4, -0.2) is 53.4 Å². The van der Waals surface area contributed by atoms with E-state index in [2.05, 4.69) is 29.4 Å². The van der Waals surface area contributed by atoms with Crippen LogP contribution in [0.4, 0.5) is 5.82 Å². The van der Waals surface area contributed by atoms with E-state index in [0.29, 0.717) is 18.1 Å². The number of hydrogen-bond acceptors (Lipinski definition) is 5. The van der Waals surface area contributed by atoms with Gasteiger partial charge in [-0.2, -0.15) is 0 Å². The zero-order chi connectivity index (χ0) is 15.2. The largest absolute Gasteiger partial charge is 0.396 e. The van der Waals surface area contributed by atoms with Gasteiger partial charge >= 0.3 is 0 Å². The van der Waals surface area contributed by atoms with Crippen molar-refractivity contribution in [2.45, 2.75) is 26.7 Å². The lowest BCUT2D eigenvalue weighted by Crippen LogP contribution is -2.32. The van der Waals surface area contributed by atoms with E-state index in [-0.39, 0.29) is 17.9 Å². The van der Waals surface area contributed by atoms with Crippen LogP contribution in [0, 0.1) is 5.41 Å². The molecule has 20 heavy (non-hydrogen) atoms. The summed E-state index contributed by atoms with van der Waals surface area (Å²) in [5, 5.41) is 20.6. The van der Waals surface area contributed by atoms with Gasteiger partial charge < -0.3 is 15.3 Å². The molecule has 0 atom stereocenters. The first-order valence-corrected chi connectivity index (χ1v) is 6.88. The molecule has 0 fully saturated rings. The lowest BCUT2D eigenvalue weighted by Gasteiger charge is -2.29. The molecule has 0 aromatic carbocycles. The highest BCUT2D eigenvalue weighted by Gasteiger charge is 2.25. The minimum Gasteiger partial charge on any atom is -0.396 e. The van der Waals surface area contributed by atoms with Crippen LogP contribution in [0.25, 0.3) is 0 Å². The number of nitrogens with zero attached hydrogens (tertiary/aromatic N) is 3. The summed E-state index contributed by atoms with van der Waals surface area (Å²) in [6, 6.07) is 3.38. The van der Waals surface area contributed by atoms with Gasteiger partial charge in [0.25, 0.3) is 5.91 Å². The van der Waals surface area contributed by atoms with Gasteiger partial charge in [-0.1, -0.05) is 13.8 Å². The summed E-state index contributed by atoms with van der Waals surface area (Å²) in [7, 11) is 3.35. The third kappa shape index (κ3) is 3.90. The molecule has 0 bridgehead atoms. The molecule has 6 heteroatoms. The van der Waals surface area contributed by atoms with Gasteiger partial charge in [-0.3, -0.25) is 4.79 Å². The standard InChI is InChI=1S/C14H24N4O2/c1-5-14(6-2,10-19)9-15-12-8-7-11(16-17-12)13(20)18(3)4/h7-8,19H,5-6,9-10H2,1-4H3,(H,15,17). The third-order valence-corrected chi connectivity index (χ3v) is 3.77. The monoisotopic (exact) mass is 280 g/mol. The Kier molecular flexibility index (Phi) is 5.88. The Hall–Kier alpha value is -1.69. The summed E-state index contributed by atoms with van der Waals surface area (Å²) in [5.74, 6) is 0.441. The van der Waals surface area contributed by atoms with Crippen LogP contribution in [0.1, 0.15) is 37.2 Å². The summed E-state index contributed by atoms with van der Waals surface area (Å²) in [4.78, 5) is 13.1. The molecule has 0 saturated carbocycles. The molecule has 112 valence electrons. The number of rotatable bonds is 7. The van der Waals surface area contributed by atoms with Crippen LogP contribution in [0.2, 0.25) is 0 Å². The molecule has 1 aromatic rings. The summed E-state index contributed by atoms with van der Waals surface area (Å²) in [6.45, 7) is 4.89. The Morgan fingerprint density at radius 3 is 2.35 bits per heavy atom. The van der Waals surface area contributed by atoms with Gasteiger partial charge in [-0.25, -0.2) is 0 Å². The molecule has 0 saturated heterocycles. The van der Waals surface area contributed by atoms with Gasteiger partial charge in [0.2, 0.25) is 0 Å². The second kappa shape index (κ2) is 7.19. The Labute approximate surface area is 120 Å². The Balaban J connectivity index is 2.69. The average molecular weight is 280 g/mol. The molecule has 0 aliphatic carbocycles. The lowest BCUT2D eigenvalue weighted by atomic mass is 9.83. The number of aliphatic hydroxyl groups excluding tert-OH is 1. The molecule has 1 aromatic heterocycles. The van der Waals surface area contributed by atoms with E-state index in [1.807, 2.05) is 0 Å². The number of aromatic nitrogens is 2. The summed E-state index contributed by atoms with van der Waals surface area (Å²) < 4.78 is 0. The minimum atomic E-state index is -0.170. The van der Waals surface area contributed by atoms with Crippen LogP contribution in [0.15, 0.2) is 12.1 Å². The van der Waals surface area contributed by atoms with Crippen molar-refractivity contribution in [1.29, 1.82) is 0 Å². The Morgan fingerprint density at radius 1 is 1.30 bits per heavy atom. The maximum Gasteiger partial charge on any atom is 0.273 e. The predicted octanol–water partition coefficient (Wildman–Crippen LogP) is 1.39. The molecule has 0 unspecified atom stereocenters. The van der Waals surface area contributed by atoms with E-state index in [1.54, 1.807) is 26.2 Å². The number of carbonyl (C=O) groups excluding carboxylic acids is 1. The second-order valence-corrected chi connectivity index (χ2v) is 5.22. The van der Waals surface area contributed by atoms with Gasteiger partial charge in [0.05, 0.1) is 6.61 Å². The van der Waals surface area contributed by atoms with Gasteiger partial charge in [-0.05, 0) is 25.0 Å². The van der Waals surface area contributed by atoms with Crippen molar-refractivity contribution < 1.29 is 9.90 Å². The van der Waals surface area contributed by atoms with E-state index in [1.165, 1.54) is 4.90 Å². The van der Waals surface area contributed by atoms with Gasteiger partial charge in [0, 0.05) is 26.1 Å². The number of anilines is 1. The topological polar surface area (TPSA) is 78.4 Å². The first-order valence-electron chi connectivity index (χ1n) is 6.88. The fourth-order valence-corrected chi connectivity index (χ4v) is 1.83. The summed E-state index contributed by atoms with van der Waals surface area (Å²) in [6.07, 6.45) is 1.77. The lowest BCUT2D eigenvalue weighted by molar-refractivity contribution is 0.0821. The van der Waals surface area contributed by atoms with Crippen molar-refractivity contribution >= 4 is 11.7 Å². The number of nitrogens with one attached hydrogen (secondary N) is 1. The maximum atomic E-state index is 11.7. The number of hydrogen-bond donors (Lipinski definition) is 2. The molecule has 0 aliphatic rings. The molecule has 1 amide bonds. The summed E-state index contributed by atoms with van der Waals surface area (Å²) >= 11 is 0. The van der Waals surface area contributed by atoms with Crippen LogP contribution >= 0.6 is 0 Å². The van der Waals surface area contributed by atoms with Crippen LogP contribution in [0.5, 0.6) is 0 Å². The van der Waals surface area contributed by atoms with Crippen molar-refractivity contribution in [2.75, 3.05) is 32.6 Å². The van der Waals surface area contributed by atoms with E-state index >= 15 is 0 Å². The van der Waals surface area contributed by atoms with Crippen molar-refractivity contribution in [3.63, 3.8) is 0 Å². The van der Waals surface area contributed by atoms with Crippen LogP contribution < -0.4 is 5.32 Å². The molecule has 0 aliphatic heterocycles. The van der Waals surface area contributed by atoms with Gasteiger partial charge in [-0.15, -0.1) is 10.2 Å². The van der Waals surface area contributed by atoms with E-state index in [4.69, 9.17) is 0 Å². The van der Waals surface area contributed by atoms with Gasteiger partial charge in [0.15, 0.2) is 5.69 Å². The molecular formula is C14H24N4O2. The van der Waals surface area contributed by atoms with Crippen molar-refractivity contribution in [3.05, 3.63) is 17.8 Å². The van der Waals surface area contributed by atoms with E-state index in [9.17, 15) is 9.90 Å². The fraction of sp³-hybridized carbons (Fsp3) is 0.643. The second-order valence-electron chi connectivity index (χ2n) is 5.22. The molecule has 2 N–H and O–H groups in total. The zero-order valence-corrected chi connectivity index (χ0v) is 12.7. The van der Waals surface area contributed by atoms with E-state index in [0.717, 1.165) is 12.8 Å². The quantitative estimate of drug-likeness (QED) is 0.789. The van der Waals surface area contributed by atoms with E-state index < -0.39 is 0 Å². The van der Waals surface area contributed by atoms with Crippen LogP contribution in [-0.2, 0) is 0 Å². The minimum absolute atomic E-state index is 0.137. The molecule has 6 nitrogen and oxygen atoms in total. The van der Waals surface area contributed by atoms with Crippen molar-refractivity contribution in [1.82, 2.24) is 15.1 Å². The Bertz CT molecular complexity index is 419. The number of carbonyl (C=O) groups is 1. The predicted molar refractivity (Wildman–Crippen MR) is 78.6 cm³/mol. The number of amides is 1. The van der Waals surface area contributed by atoms with Crippen molar-refractivity contribution in [3.8, 4) is 0 Å². The number of aliphatic hydroxyl groups is 1. The highest BCUT2D eigenvalue weighted by atomic mass is 16.3. The zero-order valence-electron chi connectivity index (χ0n) is 12.7.